The maximum absolute atomic E-state index is 12.2. The zero-order valence-electron chi connectivity index (χ0n) is 14.6. The molecule has 0 bridgehead atoms. The highest BCUT2D eigenvalue weighted by Crippen LogP contribution is 2.20. The first-order valence-electron chi connectivity index (χ1n) is 8.16. The van der Waals surface area contributed by atoms with Crippen molar-refractivity contribution in [1.82, 2.24) is 5.32 Å². The van der Waals surface area contributed by atoms with Gasteiger partial charge in [-0.05, 0) is 37.3 Å². The molecule has 0 aliphatic carbocycles. The summed E-state index contributed by atoms with van der Waals surface area (Å²) in [7, 11) is 0. The normalized spacial score (nSPS) is 10.2. The molecule has 0 unspecified atom stereocenters. The number of anilines is 1. The molecule has 0 heterocycles. The molecule has 2 amide bonds. The fraction of sp³-hybridized carbons (Fsp3) is 0.211. The maximum Gasteiger partial charge on any atom is 0.325 e. The zero-order valence-corrected chi connectivity index (χ0v) is 16.1. The van der Waals surface area contributed by atoms with Gasteiger partial charge in [0.05, 0.1) is 10.6 Å². The Labute approximate surface area is 167 Å². The molecule has 27 heavy (non-hydrogen) atoms. The predicted molar refractivity (Wildman–Crippen MR) is 104 cm³/mol. The number of hydrogen-bond acceptors (Lipinski definition) is 4. The van der Waals surface area contributed by atoms with Crippen LogP contribution in [0.25, 0.3) is 0 Å². The largest absolute Gasteiger partial charge is 0.454 e. The van der Waals surface area contributed by atoms with Gasteiger partial charge in [-0.25, -0.2) is 0 Å². The lowest BCUT2D eigenvalue weighted by Gasteiger charge is -2.20. The molecular formula is C19H18Cl2N2O4. The number of ether oxygens (including phenoxy) is 1. The van der Waals surface area contributed by atoms with E-state index in [-0.39, 0.29) is 23.0 Å². The van der Waals surface area contributed by atoms with Crippen molar-refractivity contribution in [1.29, 1.82) is 0 Å². The van der Waals surface area contributed by atoms with Crippen molar-refractivity contribution >= 4 is 46.7 Å². The van der Waals surface area contributed by atoms with Gasteiger partial charge in [0.15, 0.2) is 6.61 Å². The lowest BCUT2D eigenvalue weighted by molar-refractivity contribution is -0.146. The molecule has 0 aliphatic rings. The Bertz CT molecular complexity index is 828. The Morgan fingerprint density at radius 1 is 1.07 bits per heavy atom. The Hall–Kier alpha value is -2.57. The second kappa shape index (κ2) is 9.94. The van der Waals surface area contributed by atoms with E-state index >= 15 is 0 Å². The molecule has 0 fully saturated rings. The number of benzene rings is 2. The van der Waals surface area contributed by atoms with Crippen LogP contribution in [0.2, 0.25) is 10.0 Å². The molecular weight excluding hydrogens is 391 g/mol. The molecule has 142 valence electrons. The minimum absolute atomic E-state index is 0.171. The van der Waals surface area contributed by atoms with Gasteiger partial charge in [-0.15, -0.1) is 0 Å². The van der Waals surface area contributed by atoms with Crippen LogP contribution in [0.1, 0.15) is 17.3 Å². The van der Waals surface area contributed by atoms with Crippen LogP contribution >= 0.6 is 23.2 Å². The van der Waals surface area contributed by atoms with E-state index in [1.54, 1.807) is 12.1 Å². The highest BCUT2D eigenvalue weighted by molar-refractivity contribution is 6.36. The van der Waals surface area contributed by atoms with Crippen LogP contribution in [0, 0.1) is 0 Å². The van der Waals surface area contributed by atoms with E-state index in [9.17, 15) is 14.4 Å². The summed E-state index contributed by atoms with van der Waals surface area (Å²) in [5.74, 6) is -1.63. The van der Waals surface area contributed by atoms with Crippen molar-refractivity contribution in [3.05, 3.63) is 64.1 Å². The average Bonchev–Trinajstić information content (AvgIpc) is 2.66. The lowest BCUT2D eigenvalue weighted by atomic mass is 10.2. The minimum Gasteiger partial charge on any atom is -0.454 e. The zero-order chi connectivity index (χ0) is 19.8. The number of rotatable bonds is 7. The summed E-state index contributed by atoms with van der Waals surface area (Å²) < 4.78 is 4.94. The van der Waals surface area contributed by atoms with Gasteiger partial charge in [0.25, 0.3) is 11.8 Å². The third kappa shape index (κ3) is 5.98. The number of hydrogen-bond donors (Lipinski definition) is 1. The number of esters is 1. The summed E-state index contributed by atoms with van der Waals surface area (Å²) in [5, 5.41) is 2.96. The average molecular weight is 409 g/mol. The third-order valence-electron chi connectivity index (χ3n) is 3.61. The van der Waals surface area contributed by atoms with Crippen LogP contribution in [0.5, 0.6) is 0 Å². The quantitative estimate of drug-likeness (QED) is 0.712. The number of para-hydroxylation sites is 1. The molecule has 2 rings (SSSR count). The summed E-state index contributed by atoms with van der Waals surface area (Å²) in [6.45, 7) is 1.46. The first kappa shape index (κ1) is 20.7. The summed E-state index contributed by atoms with van der Waals surface area (Å²) in [6, 6.07) is 13.5. The van der Waals surface area contributed by atoms with E-state index in [1.165, 1.54) is 23.1 Å². The minimum atomic E-state index is -0.731. The highest BCUT2D eigenvalue weighted by Gasteiger charge is 2.17. The second-order valence-electron chi connectivity index (χ2n) is 5.44. The topological polar surface area (TPSA) is 75.7 Å². The highest BCUT2D eigenvalue weighted by atomic mass is 35.5. The molecule has 0 aliphatic heterocycles. The summed E-state index contributed by atoms with van der Waals surface area (Å²) >= 11 is 11.7. The number of nitrogens with one attached hydrogen (secondary N) is 1. The molecule has 8 heteroatoms. The van der Waals surface area contributed by atoms with E-state index in [2.05, 4.69) is 5.32 Å². The number of halogens is 2. The maximum atomic E-state index is 12.2. The second-order valence-corrected chi connectivity index (χ2v) is 6.28. The number of carbonyl (C=O) groups excluding carboxylic acids is 3. The molecule has 2 aromatic rings. The summed E-state index contributed by atoms with van der Waals surface area (Å²) in [5.41, 5.74) is 0.901. The third-order valence-corrected chi connectivity index (χ3v) is 4.16. The molecule has 0 radical (unpaired) electrons. The monoisotopic (exact) mass is 408 g/mol. The van der Waals surface area contributed by atoms with E-state index in [4.69, 9.17) is 27.9 Å². The van der Waals surface area contributed by atoms with E-state index < -0.39 is 18.5 Å². The van der Waals surface area contributed by atoms with Gasteiger partial charge < -0.3 is 15.0 Å². The fourth-order valence-electron chi connectivity index (χ4n) is 2.30. The Balaban J connectivity index is 1.83. The molecule has 0 spiro atoms. The lowest BCUT2D eigenvalue weighted by Crippen LogP contribution is -2.36. The Morgan fingerprint density at radius 2 is 1.78 bits per heavy atom. The first-order valence-corrected chi connectivity index (χ1v) is 8.92. The smallest absolute Gasteiger partial charge is 0.325 e. The standard InChI is InChI=1S/C19H18Cl2N2O4/c1-2-23(14-6-4-3-5-7-14)17(24)12-27-18(25)11-22-19(26)15-9-8-13(20)10-16(15)21/h3-10H,2,11-12H2,1H3,(H,22,26). The van der Waals surface area contributed by atoms with E-state index in [0.29, 0.717) is 17.3 Å². The van der Waals surface area contributed by atoms with Crippen LogP contribution in [0.15, 0.2) is 48.5 Å². The summed E-state index contributed by atoms with van der Waals surface area (Å²) in [4.78, 5) is 37.6. The summed E-state index contributed by atoms with van der Waals surface area (Å²) in [6.07, 6.45) is 0. The van der Waals surface area contributed by atoms with Gasteiger partial charge in [0.2, 0.25) is 0 Å². The molecule has 0 saturated heterocycles. The molecule has 0 aromatic heterocycles. The van der Waals surface area contributed by atoms with Gasteiger partial charge in [-0.1, -0.05) is 41.4 Å². The van der Waals surface area contributed by atoms with Gasteiger partial charge in [0.1, 0.15) is 6.54 Å². The van der Waals surface area contributed by atoms with Crippen LogP contribution < -0.4 is 10.2 Å². The number of likely N-dealkylation sites (N-methyl/N-ethyl adjacent to an activating group) is 1. The van der Waals surface area contributed by atoms with Crippen molar-refractivity contribution in [2.75, 3.05) is 24.6 Å². The molecule has 0 atom stereocenters. The van der Waals surface area contributed by atoms with E-state index in [0.717, 1.165) is 0 Å². The fourth-order valence-corrected chi connectivity index (χ4v) is 2.80. The molecule has 0 saturated carbocycles. The van der Waals surface area contributed by atoms with Crippen molar-refractivity contribution in [2.45, 2.75) is 6.92 Å². The van der Waals surface area contributed by atoms with Crippen molar-refractivity contribution < 1.29 is 19.1 Å². The predicted octanol–water partition coefficient (Wildman–Crippen LogP) is 3.32. The number of amides is 2. The van der Waals surface area contributed by atoms with Crippen LogP contribution in [0.4, 0.5) is 5.69 Å². The van der Waals surface area contributed by atoms with Crippen LogP contribution in [-0.4, -0.2) is 37.5 Å². The Kier molecular flexibility index (Phi) is 7.64. The van der Waals surface area contributed by atoms with Gasteiger partial charge in [-0.2, -0.15) is 0 Å². The number of carbonyl (C=O) groups is 3. The Morgan fingerprint density at radius 3 is 2.41 bits per heavy atom. The first-order chi connectivity index (χ1) is 12.9. The van der Waals surface area contributed by atoms with Crippen molar-refractivity contribution in [3.63, 3.8) is 0 Å². The SMILES string of the molecule is CCN(C(=O)COC(=O)CNC(=O)c1ccc(Cl)cc1Cl)c1ccccc1. The van der Waals surface area contributed by atoms with Gasteiger partial charge in [0, 0.05) is 17.3 Å². The van der Waals surface area contributed by atoms with Gasteiger partial charge in [-0.3, -0.25) is 14.4 Å². The number of nitrogens with zero attached hydrogens (tertiary/aromatic N) is 1. The molecule has 1 N–H and O–H groups in total. The molecule has 6 nitrogen and oxygen atoms in total. The van der Waals surface area contributed by atoms with Crippen molar-refractivity contribution in [3.8, 4) is 0 Å². The van der Waals surface area contributed by atoms with Crippen molar-refractivity contribution in [2.24, 2.45) is 0 Å². The van der Waals surface area contributed by atoms with Gasteiger partial charge >= 0.3 is 5.97 Å². The molecule has 2 aromatic carbocycles. The van der Waals surface area contributed by atoms with Crippen LogP contribution in [0.3, 0.4) is 0 Å². The van der Waals surface area contributed by atoms with E-state index in [1.807, 2.05) is 25.1 Å². The van der Waals surface area contributed by atoms with Crippen LogP contribution in [-0.2, 0) is 14.3 Å².